The minimum absolute atomic E-state index is 0.175. The second kappa shape index (κ2) is 3.53. The highest BCUT2D eigenvalue weighted by atomic mass is 16.5. The minimum atomic E-state index is -0.721. The third-order valence-corrected chi connectivity index (χ3v) is 1.91. The number of carbonyl (C=O) groups excluding carboxylic acids is 1. The number of hydrogen-bond acceptors (Lipinski definition) is 4. The Hall–Kier alpha value is -2.17. The zero-order valence-electron chi connectivity index (χ0n) is 8.10. The lowest BCUT2D eigenvalue weighted by atomic mass is 10.1. The van der Waals surface area contributed by atoms with Crippen LogP contribution >= 0.6 is 0 Å². The van der Waals surface area contributed by atoms with E-state index in [9.17, 15) is 4.79 Å². The minimum Gasteiger partial charge on any atom is -0.361 e. The van der Waals surface area contributed by atoms with Crippen molar-refractivity contribution in [3.05, 3.63) is 35.7 Å². The van der Waals surface area contributed by atoms with Gasteiger partial charge in [-0.15, -0.1) is 0 Å². The van der Waals surface area contributed by atoms with E-state index in [1.165, 1.54) is 0 Å². The fourth-order valence-electron chi connectivity index (χ4n) is 1.22. The molecule has 2 aromatic rings. The molecule has 0 saturated heterocycles. The molecule has 0 radical (unpaired) electrons. The van der Waals surface area contributed by atoms with Gasteiger partial charge in [0.2, 0.25) is 5.82 Å². The lowest BCUT2D eigenvalue weighted by molar-refractivity contribution is 0.0958. The number of aromatic nitrogens is 2. The van der Waals surface area contributed by atoms with E-state index >= 15 is 0 Å². The van der Waals surface area contributed by atoms with Crippen molar-refractivity contribution in [2.24, 2.45) is 5.73 Å². The number of rotatable bonds is 2. The summed E-state index contributed by atoms with van der Waals surface area (Å²) in [6.45, 7) is 1.96. The molecule has 5 nitrogen and oxygen atoms in total. The third kappa shape index (κ3) is 1.85. The van der Waals surface area contributed by atoms with Gasteiger partial charge in [0.15, 0.2) is 0 Å². The molecular formula is C10H9N3O2. The van der Waals surface area contributed by atoms with Crippen molar-refractivity contribution in [3.63, 3.8) is 0 Å². The summed E-state index contributed by atoms with van der Waals surface area (Å²) < 4.78 is 4.68. The average Bonchev–Trinajstić information content (AvgIpc) is 2.66. The van der Waals surface area contributed by atoms with Gasteiger partial charge in [-0.2, -0.15) is 4.98 Å². The van der Waals surface area contributed by atoms with Crippen molar-refractivity contribution in [2.75, 3.05) is 0 Å². The molecule has 76 valence electrons. The summed E-state index contributed by atoms with van der Waals surface area (Å²) in [4.78, 5) is 14.6. The van der Waals surface area contributed by atoms with Gasteiger partial charge in [0.05, 0.1) is 0 Å². The molecule has 0 unspecified atom stereocenters. The Labute approximate surface area is 85.9 Å². The molecule has 2 rings (SSSR count). The molecule has 0 spiro atoms. The van der Waals surface area contributed by atoms with Crippen LogP contribution in [-0.2, 0) is 0 Å². The van der Waals surface area contributed by atoms with Gasteiger partial charge >= 0.3 is 11.8 Å². The van der Waals surface area contributed by atoms with Crippen LogP contribution in [0.3, 0.4) is 0 Å². The van der Waals surface area contributed by atoms with Crippen LogP contribution < -0.4 is 5.73 Å². The van der Waals surface area contributed by atoms with E-state index in [1.807, 2.05) is 31.2 Å². The molecule has 0 saturated carbocycles. The predicted molar refractivity (Wildman–Crippen MR) is 53.0 cm³/mol. The normalized spacial score (nSPS) is 10.2. The van der Waals surface area contributed by atoms with E-state index in [-0.39, 0.29) is 5.89 Å². The number of hydrogen-bond donors (Lipinski definition) is 1. The predicted octanol–water partition coefficient (Wildman–Crippen LogP) is 1.14. The zero-order valence-corrected chi connectivity index (χ0v) is 8.10. The number of carbonyl (C=O) groups is 1. The van der Waals surface area contributed by atoms with Crippen molar-refractivity contribution in [2.45, 2.75) is 6.92 Å². The second-order valence-electron chi connectivity index (χ2n) is 3.16. The fraction of sp³-hybridized carbons (Fsp3) is 0.100. The summed E-state index contributed by atoms with van der Waals surface area (Å²) in [7, 11) is 0. The fourth-order valence-corrected chi connectivity index (χ4v) is 1.22. The van der Waals surface area contributed by atoms with E-state index in [1.54, 1.807) is 0 Å². The molecule has 5 heteroatoms. The van der Waals surface area contributed by atoms with Crippen LogP contribution in [0.5, 0.6) is 0 Å². The van der Waals surface area contributed by atoms with E-state index in [2.05, 4.69) is 14.7 Å². The summed E-state index contributed by atoms with van der Waals surface area (Å²) >= 11 is 0. The standard InChI is InChI=1S/C10H9N3O2/c1-6-3-2-4-7(5-6)9-12-10(8(11)14)15-13-9/h2-5H,1H3,(H2,11,14). The number of nitrogens with two attached hydrogens (primary N) is 1. The van der Waals surface area contributed by atoms with Crippen LogP contribution in [-0.4, -0.2) is 16.0 Å². The van der Waals surface area contributed by atoms with Gasteiger partial charge in [0.1, 0.15) is 0 Å². The third-order valence-electron chi connectivity index (χ3n) is 1.91. The Kier molecular flexibility index (Phi) is 2.21. The molecule has 1 amide bonds. The first-order valence-electron chi connectivity index (χ1n) is 4.37. The lowest BCUT2D eigenvalue weighted by Crippen LogP contribution is -2.10. The highest BCUT2D eigenvalue weighted by molar-refractivity contribution is 5.88. The summed E-state index contributed by atoms with van der Waals surface area (Å²) in [5, 5.41) is 3.66. The molecule has 0 aliphatic carbocycles. The summed E-state index contributed by atoms with van der Waals surface area (Å²) in [5.74, 6) is -0.527. The maximum Gasteiger partial charge on any atom is 0.316 e. The van der Waals surface area contributed by atoms with E-state index < -0.39 is 5.91 Å². The number of amides is 1. The molecular weight excluding hydrogens is 194 g/mol. The number of primary amides is 1. The zero-order chi connectivity index (χ0) is 10.8. The largest absolute Gasteiger partial charge is 0.361 e. The van der Waals surface area contributed by atoms with Crippen LogP contribution in [0.25, 0.3) is 11.4 Å². The smallest absolute Gasteiger partial charge is 0.316 e. The SMILES string of the molecule is Cc1cccc(-c2noc(C(N)=O)n2)c1. The second-order valence-corrected chi connectivity index (χ2v) is 3.16. The Morgan fingerprint density at radius 3 is 2.87 bits per heavy atom. The Morgan fingerprint density at radius 2 is 2.27 bits per heavy atom. The van der Waals surface area contributed by atoms with Crippen LogP contribution in [0.4, 0.5) is 0 Å². The van der Waals surface area contributed by atoms with Crippen molar-refractivity contribution in [1.82, 2.24) is 10.1 Å². The van der Waals surface area contributed by atoms with E-state index in [0.717, 1.165) is 11.1 Å². The number of benzene rings is 1. The maximum atomic E-state index is 10.7. The summed E-state index contributed by atoms with van der Waals surface area (Å²) in [6.07, 6.45) is 0. The van der Waals surface area contributed by atoms with Crippen LogP contribution in [0, 0.1) is 6.92 Å². The highest BCUT2D eigenvalue weighted by Crippen LogP contribution is 2.16. The van der Waals surface area contributed by atoms with Crippen LogP contribution in [0.15, 0.2) is 28.8 Å². The number of nitrogens with zero attached hydrogens (tertiary/aromatic N) is 2. The Balaban J connectivity index is 2.41. The first-order chi connectivity index (χ1) is 7.16. The van der Waals surface area contributed by atoms with Gasteiger partial charge in [-0.25, -0.2) is 0 Å². The Morgan fingerprint density at radius 1 is 1.47 bits per heavy atom. The lowest BCUT2D eigenvalue weighted by Gasteiger charge is -1.94. The van der Waals surface area contributed by atoms with Crippen molar-refractivity contribution >= 4 is 5.91 Å². The quantitative estimate of drug-likeness (QED) is 0.793. The van der Waals surface area contributed by atoms with E-state index in [4.69, 9.17) is 5.73 Å². The number of aryl methyl sites for hydroxylation is 1. The maximum absolute atomic E-state index is 10.7. The molecule has 2 N–H and O–H groups in total. The molecule has 0 fully saturated rings. The summed E-state index contributed by atoms with van der Waals surface area (Å²) in [6, 6.07) is 7.57. The van der Waals surface area contributed by atoms with Gasteiger partial charge < -0.3 is 10.3 Å². The molecule has 0 atom stereocenters. The first-order valence-corrected chi connectivity index (χ1v) is 4.37. The van der Waals surface area contributed by atoms with Crippen LogP contribution in [0.1, 0.15) is 16.2 Å². The van der Waals surface area contributed by atoms with Gasteiger partial charge in [-0.05, 0) is 13.0 Å². The summed E-state index contributed by atoms with van der Waals surface area (Å²) in [5.41, 5.74) is 6.88. The molecule has 0 aliphatic heterocycles. The Bertz CT molecular complexity index is 505. The highest BCUT2D eigenvalue weighted by Gasteiger charge is 2.12. The van der Waals surface area contributed by atoms with Gasteiger partial charge in [0.25, 0.3) is 0 Å². The van der Waals surface area contributed by atoms with Crippen molar-refractivity contribution < 1.29 is 9.32 Å². The van der Waals surface area contributed by atoms with Crippen LogP contribution in [0.2, 0.25) is 0 Å². The molecule has 1 aromatic carbocycles. The first kappa shape index (κ1) is 9.39. The molecule has 0 bridgehead atoms. The molecule has 1 heterocycles. The molecule has 15 heavy (non-hydrogen) atoms. The van der Waals surface area contributed by atoms with Gasteiger partial charge in [-0.1, -0.05) is 28.9 Å². The van der Waals surface area contributed by atoms with Crippen molar-refractivity contribution in [1.29, 1.82) is 0 Å². The monoisotopic (exact) mass is 203 g/mol. The van der Waals surface area contributed by atoms with Crippen molar-refractivity contribution in [3.8, 4) is 11.4 Å². The topological polar surface area (TPSA) is 82.0 Å². The van der Waals surface area contributed by atoms with Gasteiger partial charge in [-0.3, -0.25) is 4.79 Å². The average molecular weight is 203 g/mol. The van der Waals surface area contributed by atoms with E-state index in [0.29, 0.717) is 5.82 Å². The molecule has 1 aromatic heterocycles. The molecule has 0 aliphatic rings. The van der Waals surface area contributed by atoms with Gasteiger partial charge in [0, 0.05) is 5.56 Å².